The average Bonchev–Trinajstić information content (AvgIpc) is 2.58. The third-order valence-corrected chi connectivity index (χ3v) is 2.59. The number of benzene rings is 1. The summed E-state index contributed by atoms with van der Waals surface area (Å²) in [4.78, 5) is 0. The number of nitriles is 1. The van der Waals surface area contributed by atoms with Gasteiger partial charge in [0.1, 0.15) is 23.3 Å². The maximum atomic E-state index is 13.5. The van der Waals surface area contributed by atoms with E-state index in [1.165, 1.54) is 10.7 Å². The molecule has 1 heterocycles. The second kappa shape index (κ2) is 4.26. The van der Waals surface area contributed by atoms with Crippen molar-refractivity contribution in [2.45, 2.75) is 6.42 Å². The predicted molar refractivity (Wildman–Crippen MR) is 61.5 cm³/mol. The lowest BCUT2D eigenvalue weighted by molar-refractivity contribution is 0.612. The highest BCUT2D eigenvalue weighted by Crippen LogP contribution is 2.19. The standard InChI is InChI=1S/C12H11FN4/c1-17-12(15)9(7-14)11(16-17)6-8-4-2-3-5-10(8)13/h2-5H,6,15H2,1H3. The molecule has 0 unspecified atom stereocenters. The molecule has 0 aliphatic rings. The second-order valence-electron chi connectivity index (χ2n) is 3.71. The molecule has 1 aromatic heterocycles. The lowest BCUT2D eigenvalue weighted by Crippen LogP contribution is -1.98. The van der Waals surface area contributed by atoms with E-state index in [4.69, 9.17) is 11.0 Å². The van der Waals surface area contributed by atoms with E-state index in [-0.39, 0.29) is 12.2 Å². The van der Waals surface area contributed by atoms with Crippen LogP contribution in [0.2, 0.25) is 0 Å². The molecule has 2 aromatic rings. The van der Waals surface area contributed by atoms with Gasteiger partial charge in [0.25, 0.3) is 0 Å². The Bertz CT molecular complexity index is 595. The van der Waals surface area contributed by atoms with E-state index in [1.54, 1.807) is 25.2 Å². The molecule has 2 N–H and O–H groups in total. The molecule has 0 amide bonds. The normalized spacial score (nSPS) is 10.2. The van der Waals surface area contributed by atoms with Crippen LogP contribution < -0.4 is 5.73 Å². The summed E-state index contributed by atoms with van der Waals surface area (Å²) in [6, 6.07) is 8.41. The molecule has 0 atom stereocenters. The molecular weight excluding hydrogens is 219 g/mol. The molecule has 4 nitrogen and oxygen atoms in total. The smallest absolute Gasteiger partial charge is 0.139 e. The van der Waals surface area contributed by atoms with Crippen molar-refractivity contribution in [2.24, 2.45) is 7.05 Å². The van der Waals surface area contributed by atoms with E-state index >= 15 is 0 Å². The minimum atomic E-state index is -0.305. The first kappa shape index (κ1) is 11.1. The van der Waals surface area contributed by atoms with Gasteiger partial charge in [0.15, 0.2) is 0 Å². The van der Waals surface area contributed by atoms with Crippen LogP contribution in [-0.4, -0.2) is 9.78 Å². The third-order valence-electron chi connectivity index (χ3n) is 2.59. The molecule has 1 aromatic carbocycles. The molecule has 2 rings (SSSR count). The summed E-state index contributed by atoms with van der Waals surface area (Å²) in [5.41, 5.74) is 7.01. The maximum Gasteiger partial charge on any atom is 0.139 e. The quantitative estimate of drug-likeness (QED) is 0.852. The van der Waals surface area contributed by atoms with Gasteiger partial charge in [0.2, 0.25) is 0 Å². The molecule has 0 radical (unpaired) electrons. The molecule has 0 bridgehead atoms. The Balaban J connectivity index is 2.41. The molecule has 0 aliphatic heterocycles. The number of anilines is 1. The van der Waals surface area contributed by atoms with Crippen LogP contribution in [0.4, 0.5) is 10.2 Å². The summed E-state index contributed by atoms with van der Waals surface area (Å²) in [7, 11) is 1.65. The molecular formula is C12H11FN4. The van der Waals surface area contributed by atoms with E-state index in [9.17, 15) is 4.39 Å². The van der Waals surface area contributed by atoms with Crippen LogP contribution in [0, 0.1) is 17.1 Å². The van der Waals surface area contributed by atoms with E-state index in [1.807, 2.05) is 6.07 Å². The summed E-state index contributed by atoms with van der Waals surface area (Å²) in [5.74, 6) is -0.000506. The molecule has 5 heteroatoms. The third kappa shape index (κ3) is 1.97. The fourth-order valence-electron chi connectivity index (χ4n) is 1.66. The summed E-state index contributed by atoms with van der Waals surface area (Å²) in [5, 5.41) is 13.1. The van der Waals surface area contributed by atoms with Crippen LogP contribution in [0.3, 0.4) is 0 Å². The molecule has 0 saturated carbocycles. The van der Waals surface area contributed by atoms with Crippen LogP contribution in [0.1, 0.15) is 16.8 Å². The highest BCUT2D eigenvalue weighted by Gasteiger charge is 2.14. The van der Waals surface area contributed by atoms with E-state index in [0.29, 0.717) is 22.6 Å². The fourth-order valence-corrected chi connectivity index (χ4v) is 1.66. The molecule has 0 spiro atoms. The van der Waals surface area contributed by atoms with Gasteiger partial charge in [-0.25, -0.2) is 4.39 Å². The summed E-state index contributed by atoms with van der Waals surface area (Å²) in [6.07, 6.45) is 0.264. The Morgan fingerprint density at radius 2 is 2.18 bits per heavy atom. The zero-order valence-electron chi connectivity index (χ0n) is 9.31. The topological polar surface area (TPSA) is 67.6 Å². The Morgan fingerprint density at radius 1 is 1.47 bits per heavy atom. The minimum Gasteiger partial charge on any atom is -0.383 e. The molecule has 17 heavy (non-hydrogen) atoms. The Kier molecular flexibility index (Phi) is 2.79. The van der Waals surface area contributed by atoms with Gasteiger partial charge in [-0.2, -0.15) is 10.4 Å². The predicted octanol–water partition coefficient (Wildman–Crippen LogP) is 1.60. The van der Waals surface area contributed by atoms with Gasteiger partial charge < -0.3 is 5.73 Å². The number of hydrogen-bond acceptors (Lipinski definition) is 3. The van der Waals surface area contributed by atoms with E-state index in [2.05, 4.69) is 5.10 Å². The van der Waals surface area contributed by atoms with Crippen molar-refractivity contribution in [2.75, 3.05) is 5.73 Å². The van der Waals surface area contributed by atoms with Crippen molar-refractivity contribution < 1.29 is 4.39 Å². The largest absolute Gasteiger partial charge is 0.383 e. The average molecular weight is 230 g/mol. The molecule has 0 fully saturated rings. The van der Waals surface area contributed by atoms with Gasteiger partial charge >= 0.3 is 0 Å². The summed E-state index contributed by atoms with van der Waals surface area (Å²) < 4.78 is 14.9. The maximum absolute atomic E-state index is 13.5. The molecule has 0 saturated heterocycles. The Morgan fingerprint density at radius 3 is 2.82 bits per heavy atom. The van der Waals surface area contributed by atoms with E-state index < -0.39 is 0 Å². The SMILES string of the molecule is Cn1nc(Cc2ccccc2F)c(C#N)c1N. The zero-order valence-corrected chi connectivity index (χ0v) is 9.31. The Labute approximate surface area is 98.1 Å². The molecule has 86 valence electrons. The van der Waals surface area contributed by atoms with Crippen molar-refractivity contribution in [3.8, 4) is 6.07 Å². The number of nitrogens with zero attached hydrogens (tertiary/aromatic N) is 3. The highest BCUT2D eigenvalue weighted by atomic mass is 19.1. The summed E-state index contributed by atoms with van der Waals surface area (Å²) >= 11 is 0. The zero-order chi connectivity index (χ0) is 12.4. The van der Waals surface area contributed by atoms with Gasteiger partial charge in [-0.3, -0.25) is 4.68 Å². The lowest BCUT2D eigenvalue weighted by atomic mass is 10.1. The number of hydrogen-bond donors (Lipinski definition) is 1. The van der Waals surface area contributed by atoms with Crippen LogP contribution in [-0.2, 0) is 13.5 Å². The number of nitrogens with two attached hydrogens (primary N) is 1. The van der Waals surface area contributed by atoms with Crippen LogP contribution in [0.25, 0.3) is 0 Å². The monoisotopic (exact) mass is 230 g/mol. The number of rotatable bonds is 2. The van der Waals surface area contributed by atoms with E-state index in [0.717, 1.165) is 0 Å². The number of aromatic nitrogens is 2. The van der Waals surface area contributed by atoms with Crippen molar-refractivity contribution >= 4 is 5.82 Å². The minimum absolute atomic E-state index is 0.264. The fraction of sp³-hybridized carbons (Fsp3) is 0.167. The second-order valence-corrected chi connectivity index (χ2v) is 3.71. The van der Waals surface area contributed by atoms with Gasteiger partial charge in [-0.1, -0.05) is 18.2 Å². The van der Waals surface area contributed by atoms with Gasteiger partial charge in [0.05, 0.1) is 5.69 Å². The lowest BCUT2D eigenvalue weighted by Gasteiger charge is -2.00. The number of aryl methyl sites for hydroxylation is 1. The van der Waals surface area contributed by atoms with Gasteiger partial charge in [-0.15, -0.1) is 0 Å². The van der Waals surface area contributed by atoms with Crippen molar-refractivity contribution in [3.63, 3.8) is 0 Å². The number of halogens is 1. The summed E-state index contributed by atoms with van der Waals surface area (Å²) in [6.45, 7) is 0. The first-order valence-corrected chi connectivity index (χ1v) is 5.08. The van der Waals surface area contributed by atoms with Crippen LogP contribution in [0.5, 0.6) is 0 Å². The van der Waals surface area contributed by atoms with Crippen molar-refractivity contribution in [3.05, 3.63) is 46.9 Å². The van der Waals surface area contributed by atoms with Gasteiger partial charge in [-0.05, 0) is 11.6 Å². The highest BCUT2D eigenvalue weighted by molar-refractivity contribution is 5.52. The van der Waals surface area contributed by atoms with Crippen molar-refractivity contribution in [1.29, 1.82) is 5.26 Å². The number of nitrogen functional groups attached to an aromatic ring is 1. The first-order chi connectivity index (χ1) is 8.13. The Hall–Kier alpha value is -2.35. The van der Waals surface area contributed by atoms with Crippen LogP contribution >= 0.6 is 0 Å². The van der Waals surface area contributed by atoms with Gasteiger partial charge in [0, 0.05) is 13.5 Å². The molecule has 0 aliphatic carbocycles. The van der Waals surface area contributed by atoms with Crippen LogP contribution in [0.15, 0.2) is 24.3 Å². The first-order valence-electron chi connectivity index (χ1n) is 5.08. The van der Waals surface area contributed by atoms with Crippen molar-refractivity contribution in [1.82, 2.24) is 9.78 Å².